The fourth-order valence-electron chi connectivity index (χ4n) is 4.42. The van der Waals surface area contributed by atoms with E-state index in [2.05, 4.69) is 10.2 Å². The van der Waals surface area contributed by atoms with Gasteiger partial charge in [0.05, 0.1) is 18.1 Å². The first-order chi connectivity index (χ1) is 18.0. The molecule has 3 aromatic carbocycles. The maximum atomic E-state index is 13.6. The van der Waals surface area contributed by atoms with Gasteiger partial charge in [-0.3, -0.25) is 14.5 Å². The van der Waals surface area contributed by atoms with Crippen molar-refractivity contribution in [2.75, 3.05) is 46.4 Å². The Labute approximate surface area is 238 Å². The summed E-state index contributed by atoms with van der Waals surface area (Å²) in [6, 6.07) is 17.9. The Kier molecular flexibility index (Phi) is 10.4. The van der Waals surface area contributed by atoms with Crippen LogP contribution < -0.4 is 20.2 Å². The lowest BCUT2D eigenvalue weighted by molar-refractivity contribution is 0.101. The SMILES string of the molecule is COc1ccc(-c2c(C(=O)c3ccc(OCCN4CCNCC4)cc3)oc3cc(O)ccc3c2=O)cc1.Cl.Cl. The van der Waals surface area contributed by atoms with Crippen molar-refractivity contribution >= 4 is 41.6 Å². The van der Waals surface area contributed by atoms with Crippen molar-refractivity contribution in [2.45, 2.75) is 0 Å². The number of phenols is 1. The predicted octanol–water partition coefficient (Wildman–Crippen LogP) is 4.53. The predicted molar refractivity (Wildman–Crippen MR) is 155 cm³/mol. The molecule has 10 heteroatoms. The number of phenolic OH excluding ortho intramolecular Hbond substituents is 1. The van der Waals surface area contributed by atoms with Crippen molar-refractivity contribution < 1.29 is 23.8 Å². The zero-order chi connectivity index (χ0) is 25.8. The van der Waals surface area contributed by atoms with Gasteiger partial charge < -0.3 is 24.3 Å². The first-order valence-corrected chi connectivity index (χ1v) is 12.2. The summed E-state index contributed by atoms with van der Waals surface area (Å²) < 4.78 is 17.1. The van der Waals surface area contributed by atoms with Crippen LogP contribution in [0.3, 0.4) is 0 Å². The van der Waals surface area contributed by atoms with E-state index in [4.69, 9.17) is 13.9 Å². The Morgan fingerprint density at radius 1 is 0.974 bits per heavy atom. The number of hydrogen-bond donors (Lipinski definition) is 2. The third kappa shape index (κ3) is 6.72. The molecule has 206 valence electrons. The number of hydrogen-bond acceptors (Lipinski definition) is 8. The molecule has 5 rings (SSSR count). The molecule has 2 heterocycles. The Hall–Kier alpha value is -3.56. The van der Waals surface area contributed by atoms with Gasteiger partial charge in [-0.15, -0.1) is 24.8 Å². The van der Waals surface area contributed by atoms with E-state index in [0.29, 0.717) is 29.2 Å². The van der Waals surface area contributed by atoms with Crippen LogP contribution in [-0.2, 0) is 0 Å². The number of nitrogens with zero attached hydrogens (tertiary/aromatic N) is 1. The molecule has 0 aliphatic carbocycles. The zero-order valence-electron chi connectivity index (χ0n) is 21.3. The summed E-state index contributed by atoms with van der Waals surface area (Å²) in [5.74, 6) is 0.681. The van der Waals surface area contributed by atoms with Gasteiger partial charge in [-0.1, -0.05) is 12.1 Å². The minimum atomic E-state index is -0.444. The highest BCUT2D eigenvalue weighted by Gasteiger charge is 2.23. The lowest BCUT2D eigenvalue weighted by Gasteiger charge is -2.26. The topological polar surface area (TPSA) is 101 Å². The van der Waals surface area contributed by atoms with Crippen LogP contribution in [0.1, 0.15) is 16.1 Å². The molecule has 1 saturated heterocycles. The van der Waals surface area contributed by atoms with Crippen LogP contribution in [0, 0.1) is 0 Å². The maximum Gasteiger partial charge on any atom is 0.229 e. The average Bonchev–Trinajstić information content (AvgIpc) is 2.93. The molecule has 0 unspecified atom stereocenters. The number of halogens is 2. The summed E-state index contributed by atoms with van der Waals surface area (Å²) in [6.07, 6.45) is 0. The number of methoxy groups -OCH3 is 1. The van der Waals surface area contributed by atoms with E-state index >= 15 is 0 Å². The van der Waals surface area contributed by atoms with Gasteiger partial charge in [0.25, 0.3) is 0 Å². The molecule has 8 nitrogen and oxygen atoms in total. The first kappa shape index (κ1) is 30.0. The normalized spacial score (nSPS) is 13.3. The third-order valence-corrected chi connectivity index (χ3v) is 6.46. The molecule has 1 aromatic heterocycles. The molecular formula is C29H30Cl2N2O6. The number of benzene rings is 3. The molecule has 0 saturated carbocycles. The lowest BCUT2D eigenvalue weighted by atomic mass is 9.97. The average molecular weight is 573 g/mol. The number of ketones is 1. The van der Waals surface area contributed by atoms with Gasteiger partial charge in [0, 0.05) is 44.4 Å². The van der Waals surface area contributed by atoms with Gasteiger partial charge in [-0.25, -0.2) is 0 Å². The molecule has 0 bridgehead atoms. The largest absolute Gasteiger partial charge is 0.508 e. The highest BCUT2D eigenvalue weighted by molar-refractivity contribution is 6.11. The first-order valence-electron chi connectivity index (χ1n) is 12.2. The molecule has 1 fully saturated rings. The number of nitrogens with one attached hydrogen (secondary N) is 1. The van der Waals surface area contributed by atoms with Crippen LogP contribution in [0.5, 0.6) is 17.2 Å². The van der Waals surface area contributed by atoms with Gasteiger partial charge in [0.1, 0.15) is 29.4 Å². The highest BCUT2D eigenvalue weighted by atomic mass is 35.5. The number of carbonyl (C=O) groups excluding carboxylic acids is 1. The molecule has 0 spiro atoms. The number of ether oxygens (including phenoxy) is 2. The molecule has 0 atom stereocenters. The Morgan fingerprint density at radius 2 is 1.64 bits per heavy atom. The Morgan fingerprint density at radius 3 is 2.31 bits per heavy atom. The van der Waals surface area contributed by atoms with E-state index in [1.54, 1.807) is 55.6 Å². The summed E-state index contributed by atoms with van der Waals surface area (Å²) in [5, 5.41) is 13.5. The quantitative estimate of drug-likeness (QED) is 0.297. The van der Waals surface area contributed by atoms with Crippen LogP contribution in [0.4, 0.5) is 0 Å². The minimum Gasteiger partial charge on any atom is -0.508 e. The van der Waals surface area contributed by atoms with Crippen molar-refractivity contribution in [1.82, 2.24) is 10.2 Å². The second kappa shape index (κ2) is 13.5. The van der Waals surface area contributed by atoms with Crippen molar-refractivity contribution in [3.05, 3.63) is 88.3 Å². The van der Waals surface area contributed by atoms with E-state index < -0.39 is 5.78 Å². The van der Waals surface area contributed by atoms with Gasteiger partial charge in [0.2, 0.25) is 11.2 Å². The monoisotopic (exact) mass is 572 g/mol. The van der Waals surface area contributed by atoms with Crippen LogP contribution in [-0.4, -0.2) is 62.2 Å². The summed E-state index contributed by atoms with van der Waals surface area (Å²) in [5.41, 5.74) is 0.816. The molecule has 1 aliphatic heterocycles. The van der Waals surface area contributed by atoms with Crippen LogP contribution in [0.15, 0.2) is 75.9 Å². The van der Waals surface area contributed by atoms with Gasteiger partial charge >= 0.3 is 0 Å². The molecule has 2 N–H and O–H groups in total. The maximum absolute atomic E-state index is 13.6. The lowest BCUT2D eigenvalue weighted by Crippen LogP contribution is -2.44. The number of rotatable bonds is 8. The fraction of sp³-hybridized carbons (Fsp3) is 0.241. The van der Waals surface area contributed by atoms with Crippen molar-refractivity contribution in [1.29, 1.82) is 0 Å². The molecular weight excluding hydrogens is 543 g/mol. The van der Waals surface area contributed by atoms with Gasteiger partial charge in [0.15, 0.2) is 5.76 Å². The van der Waals surface area contributed by atoms with Crippen LogP contribution >= 0.6 is 24.8 Å². The number of aromatic hydroxyl groups is 1. The zero-order valence-corrected chi connectivity index (χ0v) is 23.0. The van der Waals surface area contributed by atoms with Gasteiger partial charge in [-0.2, -0.15) is 0 Å². The Balaban J connectivity index is 0.00000210. The van der Waals surface area contributed by atoms with Crippen molar-refractivity contribution in [3.8, 4) is 28.4 Å². The molecule has 4 aromatic rings. The smallest absolute Gasteiger partial charge is 0.229 e. The summed E-state index contributed by atoms with van der Waals surface area (Å²) in [4.78, 5) is 29.4. The molecule has 0 amide bonds. The molecule has 39 heavy (non-hydrogen) atoms. The van der Waals surface area contributed by atoms with Gasteiger partial charge in [-0.05, 0) is 54.1 Å². The fourth-order valence-corrected chi connectivity index (χ4v) is 4.42. The Bertz CT molecular complexity index is 1470. The highest BCUT2D eigenvalue weighted by Crippen LogP contribution is 2.29. The van der Waals surface area contributed by atoms with Crippen molar-refractivity contribution in [2.24, 2.45) is 0 Å². The minimum absolute atomic E-state index is 0. The number of fused-ring (bicyclic) bond motifs is 1. The number of piperazine rings is 1. The second-order valence-corrected chi connectivity index (χ2v) is 8.84. The van der Waals surface area contributed by atoms with E-state index in [9.17, 15) is 14.7 Å². The van der Waals surface area contributed by atoms with E-state index in [0.717, 1.165) is 32.7 Å². The second-order valence-electron chi connectivity index (χ2n) is 8.84. The van der Waals surface area contributed by atoms with E-state index in [-0.39, 0.29) is 58.3 Å². The summed E-state index contributed by atoms with van der Waals surface area (Å²) >= 11 is 0. The van der Waals surface area contributed by atoms with Crippen molar-refractivity contribution in [3.63, 3.8) is 0 Å². The standard InChI is InChI=1S/C29H28N2O6.2ClH/c1-35-22-7-2-19(3-8-22)26-28(34)24-11-6-21(32)18-25(24)37-29(26)27(33)20-4-9-23(10-5-20)36-17-16-31-14-12-30-13-15-31;;/h2-11,18,30,32H,12-17H2,1H3;2*1H. The summed E-state index contributed by atoms with van der Waals surface area (Å²) in [7, 11) is 1.55. The van der Waals surface area contributed by atoms with E-state index in [1.807, 2.05) is 0 Å². The third-order valence-electron chi connectivity index (χ3n) is 6.46. The van der Waals surface area contributed by atoms with Crippen LogP contribution in [0.2, 0.25) is 0 Å². The number of carbonyl (C=O) groups is 1. The molecule has 1 aliphatic rings. The van der Waals surface area contributed by atoms with Crippen LogP contribution in [0.25, 0.3) is 22.1 Å². The molecule has 0 radical (unpaired) electrons. The summed E-state index contributed by atoms with van der Waals surface area (Å²) in [6.45, 7) is 5.37. The van der Waals surface area contributed by atoms with E-state index in [1.165, 1.54) is 18.2 Å².